The molecule has 1 aromatic carbocycles. The number of nitrogens with one attached hydrogen (secondary N) is 1. The molecule has 33 heavy (non-hydrogen) atoms. The minimum Gasteiger partial charge on any atom is -0.384 e. The van der Waals surface area contributed by atoms with E-state index in [4.69, 9.17) is 10.7 Å². The van der Waals surface area contributed by atoms with Gasteiger partial charge in [-0.2, -0.15) is 5.32 Å². The molecule has 2 amide bonds. The zero-order valence-corrected chi connectivity index (χ0v) is 18.1. The van der Waals surface area contributed by atoms with E-state index in [1.165, 1.54) is 5.56 Å². The zero-order valence-electron chi connectivity index (χ0n) is 18.1. The number of imidazole rings is 1. The number of nitrogens with zero attached hydrogens (tertiary/aromatic N) is 7. The number of hydrogen-bond donors (Lipinski definition) is 2. The maximum Gasteiger partial charge on any atom is 0.346 e. The summed E-state index contributed by atoms with van der Waals surface area (Å²) in [6, 6.07) is 9.45. The van der Waals surface area contributed by atoms with Crippen LogP contribution in [0.3, 0.4) is 0 Å². The highest BCUT2D eigenvalue weighted by Crippen LogP contribution is 2.36. The van der Waals surface area contributed by atoms with Crippen LogP contribution >= 0.6 is 0 Å². The van der Waals surface area contributed by atoms with E-state index in [1.807, 2.05) is 29.8 Å². The number of carbonyl (C=O) groups excluding carboxylic acids is 1. The normalized spacial score (nSPS) is 16.0. The van der Waals surface area contributed by atoms with Gasteiger partial charge in [0.1, 0.15) is 18.0 Å². The van der Waals surface area contributed by atoms with E-state index in [0.29, 0.717) is 11.7 Å². The topological polar surface area (TPSA) is 129 Å². The highest BCUT2D eigenvalue weighted by molar-refractivity contribution is 6.02. The predicted molar refractivity (Wildman–Crippen MR) is 125 cm³/mol. The van der Waals surface area contributed by atoms with E-state index in [-0.39, 0.29) is 6.03 Å². The van der Waals surface area contributed by atoms with Crippen molar-refractivity contribution >= 4 is 40.2 Å². The van der Waals surface area contributed by atoms with E-state index in [9.17, 15) is 4.79 Å². The molecule has 0 aliphatic carbocycles. The maximum absolute atomic E-state index is 11.5. The predicted octanol–water partition coefficient (Wildman–Crippen LogP) is 3.17. The molecule has 6 rings (SSSR count). The molecule has 165 valence electrons. The Kier molecular flexibility index (Phi) is 4.39. The van der Waals surface area contributed by atoms with Crippen LogP contribution in [0.2, 0.25) is 0 Å². The Balaban J connectivity index is 1.26. The summed E-state index contributed by atoms with van der Waals surface area (Å²) in [6.45, 7) is 1.72. The third kappa shape index (κ3) is 3.30. The van der Waals surface area contributed by atoms with Gasteiger partial charge in [-0.15, -0.1) is 0 Å². The standard InChI is InChI=1S/C23H22N9O/c1-31-20(15-3-5-18(24)25-11-15)30-19-21(31)26-12-27-22(19)32-8-6-13(7-9-32)14-2-4-16-17(10-14)29-23(33)28-16/h2-5,10-13H,6-9H2,1H3,(H2,24,25)(H,28,33). The molecule has 1 radical (unpaired) electrons. The van der Waals surface area contributed by atoms with Crippen molar-refractivity contribution in [2.45, 2.75) is 18.8 Å². The van der Waals surface area contributed by atoms with Crippen LogP contribution in [-0.2, 0) is 7.05 Å². The molecule has 2 aliphatic heterocycles. The molecule has 3 N–H and O–H groups in total. The third-order valence-corrected chi connectivity index (χ3v) is 6.43. The number of pyridine rings is 1. The zero-order chi connectivity index (χ0) is 22.5. The van der Waals surface area contributed by atoms with Crippen LogP contribution in [0.5, 0.6) is 0 Å². The molecule has 4 aromatic rings. The molecule has 0 saturated carbocycles. The van der Waals surface area contributed by atoms with Crippen molar-refractivity contribution in [1.29, 1.82) is 0 Å². The van der Waals surface area contributed by atoms with Crippen molar-refractivity contribution in [3.63, 3.8) is 0 Å². The molecule has 0 bridgehead atoms. The lowest BCUT2D eigenvalue weighted by Gasteiger charge is -2.33. The van der Waals surface area contributed by atoms with Crippen LogP contribution in [0.4, 0.5) is 27.8 Å². The lowest BCUT2D eigenvalue weighted by molar-refractivity contribution is 0.256. The number of nitrogens with two attached hydrogens (primary N) is 1. The van der Waals surface area contributed by atoms with Gasteiger partial charge in [-0.3, -0.25) is 0 Å². The number of nitrogen functional groups attached to an aromatic ring is 1. The minimum absolute atomic E-state index is 0.297. The van der Waals surface area contributed by atoms with Gasteiger partial charge in [0.15, 0.2) is 17.0 Å². The number of urea groups is 1. The average Bonchev–Trinajstić information content (AvgIpc) is 3.38. The quantitative estimate of drug-likeness (QED) is 0.500. The van der Waals surface area contributed by atoms with E-state index in [1.54, 1.807) is 18.6 Å². The van der Waals surface area contributed by atoms with Gasteiger partial charge in [-0.05, 0) is 48.6 Å². The molecule has 0 atom stereocenters. The molecule has 1 fully saturated rings. The number of fused-ring (bicyclic) bond motifs is 2. The Labute approximate surface area is 189 Å². The van der Waals surface area contributed by atoms with Crippen molar-refractivity contribution in [3.05, 3.63) is 48.4 Å². The van der Waals surface area contributed by atoms with Crippen molar-refractivity contribution in [3.8, 4) is 11.4 Å². The molecule has 0 spiro atoms. The van der Waals surface area contributed by atoms with Crippen LogP contribution in [0.1, 0.15) is 24.3 Å². The van der Waals surface area contributed by atoms with Crippen molar-refractivity contribution in [1.82, 2.24) is 29.8 Å². The first-order chi connectivity index (χ1) is 16.1. The van der Waals surface area contributed by atoms with Crippen LogP contribution in [-0.4, -0.2) is 43.6 Å². The number of amides is 2. The van der Waals surface area contributed by atoms with Gasteiger partial charge in [0.2, 0.25) is 0 Å². The SMILES string of the molecule is Cn1c(-c2ccc(N)nc2)nc2c(N3CCC(c4ccc5c(c4)[N]C(=O)N5)CC3)ncnc21. The van der Waals surface area contributed by atoms with Gasteiger partial charge >= 0.3 is 6.03 Å². The largest absolute Gasteiger partial charge is 0.384 e. The van der Waals surface area contributed by atoms with E-state index >= 15 is 0 Å². The monoisotopic (exact) mass is 440 g/mol. The van der Waals surface area contributed by atoms with Gasteiger partial charge in [-0.25, -0.2) is 24.7 Å². The molecular formula is C23H22N9O. The summed E-state index contributed by atoms with van der Waals surface area (Å²) in [5.41, 5.74) is 10.9. The number of rotatable bonds is 3. The Morgan fingerprint density at radius 2 is 1.94 bits per heavy atom. The summed E-state index contributed by atoms with van der Waals surface area (Å²) >= 11 is 0. The summed E-state index contributed by atoms with van der Waals surface area (Å²) in [7, 11) is 1.95. The van der Waals surface area contributed by atoms with E-state index < -0.39 is 0 Å². The number of hydrogen-bond acceptors (Lipinski definition) is 7. The number of carbonyl (C=O) groups is 1. The molecule has 3 aromatic heterocycles. The van der Waals surface area contributed by atoms with E-state index in [2.05, 4.69) is 36.6 Å². The smallest absolute Gasteiger partial charge is 0.346 e. The number of piperidine rings is 1. The summed E-state index contributed by atoms with van der Waals surface area (Å²) < 4.78 is 1.96. The Morgan fingerprint density at radius 3 is 2.73 bits per heavy atom. The van der Waals surface area contributed by atoms with Crippen molar-refractivity contribution < 1.29 is 4.79 Å². The molecule has 10 nitrogen and oxygen atoms in total. The number of anilines is 3. The fourth-order valence-corrected chi connectivity index (χ4v) is 4.69. The fraction of sp³-hybridized carbons (Fsp3) is 0.261. The second kappa shape index (κ2) is 7.44. The van der Waals surface area contributed by atoms with Gasteiger partial charge in [0.25, 0.3) is 0 Å². The number of aromatic nitrogens is 5. The molecule has 5 heterocycles. The molecule has 1 saturated heterocycles. The first kappa shape index (κ1) is 19.5. The Morgan fingerprint density at radius 1 is 1.09 bits per heavy atom. The lowest BCUT2D eigenvalue weighted by Crippen LogP contribution is -2.33. The van der Waals surface area contributed by atoms with Gasteiger partial charge < -0.3 is 20.5 Å². The van der Waals surface area contributed by atoms with Crippen molar-refractivity contribution in [2.24, 2.45) is 7.05 Å². The fourth-order valence-electron chi connectivity index (χ4n) is 4.69. The first-order valence-electron chi connectivity index (χ1n) is 10.9. The minimum atomic E-state index is -0.297. The Bertz CT molecular complexity index is 1370. The maximum atomic E-state index is 11.5. The van der Waals surface area contributed by atoms with Gasteiger partial charge in [-0.1, -0.05) is 6.07 Å². The van der Waals surface area contributed by atoms with Crippen LogP contribution in [0.25, 0.3) is 22.6 Å². The number of benzene rings is 1. The highest BCUT2D eigenvalue weighted by Gasteiger charge is 2.27. The summed E-state index contributed by atoms with van der Waals surface area (Å²) in [5.74, 6) is 2.51. The highest BCUT2D eigenvalue weighted by atomic mass is 16.2. The average molecular weight is 440 g/mol. The second-order valence-corrected chi connectivity index (χ2v) is 8.42. The Hall–Kier alpha value is -4.21. The molecule has 2 aliphatic rings. The first-order valence-corrected chi connectivity index (χ1v) is 10.9. The molecule has 10 heteroatoms. The second-order valence-electron chi connectivity index (χ2n) is 8.42. The summed E-state index contributed by atoms with van der Waals surface area (Å²) in [6.07, 6.45) is 5.28. The summed E-state index contributed by atoms with van der Waals surface area (Å²) in [5, 5.41) is 6.79. The third-order valence-electron chi connectivity index (χ3n) is 6.43. The van der Waals surface area contributed by atoms with Crippen LogP contribution < -0.4 is 21.3 Å². The van der Waals surface area contributed by atoms with Crippen molar-refractivity contribution in [2.75, 3.05) is 29.0 Å². The molecular weight excluding hydrogens is 418 g/mol. The van der Waals surface area contributed by atoms with Crippen LogP contribution in [0.15, 0.2) is 42.9 Å². The molecule has 0 unspecified atom stereocenters. The lowest BCUT2D eigenvalue weighted by atomic mass is 9.89. The number of aryl methyl sites for hydroxylation is 1. The van der Waals surface area contributed by atoms with Gasteiger partial charge in [0, 0.05) is 31.9 Å². The van der Waals surface area contributed by atoms with Gasteiger partial charge in [0.05, 0.1) is 11.4 Å². The van der Waals surface area contributed by atoms with E-state index in [0.717, 1.165) is 65.7 Å². The van der Waals surface area contributed by atoms with Crippen LogP contribution in [0, 0.1) is 0 Å². The summed E-state index contributed by atoms with van der Waals surface area (Å²) in [4.78, 5) is 31.9.